The van der Waals surface area contributed by atoms with Gasteiger partial charge in [0.15, 0.2) is 0 Å². The Morgan fingerprint density at radius 1 is 1.50 bits per heavy atom. The Morgan fingerprint density at radius 2 is 2.31 bits per heavy atom. The Labute approximate surface area is 96.0 Å². The average molecular weight is 225 g/mol. The topological polar surface area (TPSA) is 47.4 Å². The first-order valence-electron chi connectivity index (χ1n) is 5.43. The van der Waals surface area contributed by atoms with Crippen LogP contribution in [-0.2, 0) is 16.1 Å². The minimum atomic E-state index is -0.136. The molecule has 0 aromatic carbocycles. The van der Waals surface area contributed by atoms with Crippen LogP contribution in [0.1, 0.15) is 12.8 Å². The smallest absolute Gasteiger partial charge is 0.305 e. The largest absolute Gasteiger partial charge is 0.469 e. The van der Waals surface area contributed by atoms with E-state index in [1.165, 1.54) is 7.11 Å². The number of hydrogen-bond acceptors (Lipinski definition) is 4. The Kier molecular flexibility index (Phi) is 5.56. The molecule has 0 saturated carbocycles. The lowest BCUT2D eigenvalue weighted by molar-refractivity contribution is -0.140. The van der Waals surface area contributed by atoms with E-state index >= 15 is 0 Å². The highest BCUT2D eigenvalue weighted by Crippen LogP contribution is 1.96. The summed E-state index contributed by atoms with van der Waals surface area (Å²) in [7, 11) is 3.47. The molecule has 0 bridgehead atoms. The highest BCUT2D eigenvalue weighted by atomic mass is 16.5. The second-order valence-electron chi connectivity index (χ2n) is 3.78. The Hall–Kier alpha value is -1.36. The van der Waals surface area contributed by atoms with Crippen molar-refractivity contribution in [3.8, 4) is 0 Å². The van der Waals surface area contributed by atoms with E-state index in [0.717, 1.165) is 26.1 Å². The summed E-state index contributed by atoms with van der Waals surface area (Å²) in [5.74, 6) is -0.136. The van der Waals surface area contributed by atoms with Gasteiger partial charge in [-0.25, -0.2) is 4.98 Å². The predicted octanol–water partition coefficient (Wildman–Crippen LogP) is 0.768. The van der Waals surface area contributed by atoms with Crippen molar-refractivity contribution in [1.82, 2.24) is 14.5 Å². The summed E-state index contributed by atoms with van der Waals surface area (Å²) in [5, 5.41) is 0. The van der Waals surface area contributed by atoms with Gasteiger partial charge in [0.1, 0.15) is 0 Å². The van der Waals surface area contributed by atoms with Gasteiger partial charge in [0.25, 0.3) is 0 Å². The molecule has 0 aliphatic rings. The number of aromatic nitrogens is 2. The first kappa shape index (κ1) is 12.7. The van der Waals surface area contributed by atoms with Gasteiger partial charge in [-0.3, -0.25) is 4.79 Å². The Balaban J connectivity index is 2.07. The molecule has 5 heteroatoms. The molecule has 1 aromatic rings. The van der Waals surface area contributed by atoms with E-state index in [4.69, 9.17) is 0 Å². The zero-order valence-corrected chi connectivity index (χ0v) is 9.93. The van der Waals surface area contributed by atoms with Crippen LogP contribution in [-0.4, -0.2) is 47.7 Å². The van der Waals surface area contributed by atoms with Crippen LogP contribution < -0.4 is 0 Å². The third-order valence-electron chi connectivity index (χ3n) is 2.45. The molecule has 0 aliphatic heterocycles. The molecule has 0 unspecified atom stereocenters. The van der Waals surface area contributed by atoms with Crippen molar-refractivity contribution in [3.05, 3.63) is 18.7 Å². The molecule has 90 valence electrons. The fourth-order valence-corrected chi connectivity index (χ4v) is 1.41. The number of imidazole rings is 1. The number of esters is 1. The quantitative estimate of drug-likeness (QED) is 0.643. The van der Waals surface area contributed by atoms with Crippen LogP contribution in [0.15, 0.2) is 18.7 Å². The molecule has 0 N–H and O–H groups in total. The van der Waals surface area contributed by atoms with Crippen molar-refractivity contribution in [2.45, 2.75) is 19.4 Å². The maximum absolute atomic E-state index is 10.9. The minimum Gasteiger partial charge on any atom is -0.469 e. The zero-order chi connectivity index (χ0) is 11.8. The monoisotopic (exact) mass is 225 g/mol. The lowest BCUT2D eigenvalue weighted by atomic mass is 10.3. The number of carbonyl (C=O) groups is 1. The van der Waals surface area contributed by atoms with Crippen LogP contribution in [0.25, 0.3) is 0 Å². The van der Waals surface area contributed by atoms with Crippen LogP contribution in [0, 0.1) is 0 Å². The highest BCUT2D eigenvalue weighted by Gasteiger charge is 2.02. The van der Waals surface area contributed by atoms with Gasteiger partial charge in [0.05, 0.1) is 13.4 Å². The molecule has 0 amide bonds. The number of hydrogen-bond donors (Lipinski definition) is 0. The zero-order valence-electron chi connectivity index (χ0n) is 9.93. The summed E-state index contributed by atoms with van der Waals surface area (Å²) in [5.41, 5.74) is 0. The lowest BCUT2D eigenvalue weighted by Crippen LogP contribution is -2.24. The van der Waals surface area contributed by atoms with Crippen LogP contribution in [0.4, 0.5) is 0 Å². The number of likely N-dealkylation sites (N-methyl/N-ethyl adjacent to an activating group) is 1. The van der Waals surface area contributed by atoms with Gasteiger partial charge in [-0.1, -0.05) is 0 Å². The van der Waals surface area contributed by atoms with Crippen LogP contribution in [0.3, 0.4) is 0 Å². The van der Waals surface area contributed by atoms with E-state index in [1.807, 2.05) is 24.1 Å². The summed E-state index contributed by atoms with van der Waals surface area (Å²) < 4.78 is 6.62. The average Bonchev–Trinajstić information content (AvgIpc) is 2.79. The van der Waals surface area contributed by atoms with Gasteiger partial charge in [-0.2, -0.15) is 0 Å². The SMILES string of the molecule is COC(=O)CCCN(C)CCn1ccnc1. The second-order valence-corrected chi connectivity index (χ2v) is 3.78. The minimum absolute atomic E-state index is 0.136. The molecule has 0 atom stereocenters. The first-order valence-corrected chi connectivity index (χ1v) is 5.43. The molecule has 1 rings (SSSR count). The van der Waals surface area contributed by atoms with Crippen molar-refractivity contribution in [2.24, 2.45) is 0 Å². The number of carbonyl (C=O) groups excluding carboxylic acids is 1. The summed E-state index contributed by atoms with van der Waals surface area (Å²) in [6.45, 7) is 2.79. The van der Waals surface area contributed by atoms with E-state index in [0.29, 0.717) is 6.42 Å². The summed E-state index contributed by atoms with van der Waals surface area (Å²) >= 11 is 0. The second kappa shape index (κ2) is 7.00. The van der Waals surface area contributed by atoms with E-state index in [1.54, 1.807) is 6.20 Å². The molecule has 0 fully saturated rings. The predicted molar refractivity (Wildman–Crippen MR) is 61.0 cm³/mol. The standard InChI is InChI=1S/C11H19N3O2/c1-13(6-3-4-11(15)16-2)8-9-14-7-5-12-10-14/h5,7,10H,3-4,6,8-9H2,1-2H3. The first-order chi connectivity index (χ1) is 7.72. The number of rotatable bonds is 7. The molecule has 0 spiro atoms. The lowest BCUT2D eigenvalue weighted by Gasteiger charge is -2.16. The van der Waals surface area contributed by atoms with Gasteiger partial charge in [-0.15, -0.1) is 0 Å². The van der Waals surface area contributed by atoms with E-state index < -0.39 is 0 Å². The van der Waals surface area contributed by atoms with Gasteiger partial charge in [0, 0.05) is 31.9 Å². The van der Waals surface area contributed by atoms with Crippen molar-refractivity contribution >= 4 is 5.97 Å². The highest BCUT2D eigenvalue weighted by molar-refractivity contribution is 5.69. The van der Waals surface area contributed by atoms with Crippen molar-refractivity contribution in [1.29, 1.82) is 0 Å². The fraction of sp³-hybridized carbons (Fsp3) is 0.636. The molecule has 0 aliphatic carbocycles. The van der Waals surface area contributed by atoms with Crippen molar-refractivity contribution in [3.63, 3.8) is 0 Å². The van der Waals surface area contributed by atoms with Crippen molar-refractivity contribution < 1.29 is 9.53 Å². The Morgan fingerprint density at radius 3 is 2.94 bits per heavy atom. The maximum atomic E-state index is 10.9. The number of ether oxygens (including phenoxy) is 1. The molecule has 1 aromatic heterocycles. The van der Waals surface area contributed by atoms with Crippen molar-refractivity contribution in [2.75, 3.05) is 27.2 Å². The van der Waals surface area contributed by atoms with E-state index in [2.05, 4.69) is 14.6 Å². The van der Waals surface area contributed by atoms with E-state index in [9.17, 15) is 4.79 Å². The van der Waals surface area contributed by atoms with Crippen LogP contribution in [0.2, 0.25) is 0 Å². The fourth-order valence-electron chi connectivity index (χ4n) is 1.41. The van der Waals surface area contributed by atoms with Gasteiger partial charge < -0.3 is 14.2 Å². The molecule has 0 saturated heterocycles. The molecule has 0 radical (unpaired) electrons. The third-order valence-corrected chi connectivity index (χ3v) is 2.45. The van der Waals surface area contributed by atoms with Crippen LogP contribution >= 0.6 is 0 Å². The van der Waals surface area contributed by atoms with Crippen LogP contribution in [0.5, 0.6) is 0 Å². The van der Waals surface area contributed by atoms with Gasteiger partial charge >= 0.3 is 5.97 Å². The molecule has 5 nitrogen and oxygen atoms in total. The van der Waals surface area contributed by atoms with E-state index in [-0.39, 0.29) is 5.97 Å². The molecular formula is C11H19N3O2. The normalized spacial score (nSPS) is 10.7. The number of nitrogens with zero attached hydrogens (tertiary/aromatic N) is 3. The summed E-state index contributed by atoms with van der Waals surface area (Å²) in [4.78, 5) is 17.1. The number of methoxy groups -OCH3 is 1. The maximum Gasteiger partial charge on any atom is 0.305 e. The molecule has 1 heterocycles. The molecule has 16 heavy (non-hydrogen) atoms. The van der Waals surface area contributed by atoms with Gasteiger partial charge in [0.2, 0.25) is 0 Å². The third kappa shape index (κ3) is 4.93. The molecular weight excluding hydrogens is 206 g/mol. The summed E-state index contributed by atoms with van der Waals surface area (Å²) in [6, 6.07) is 0. The summed E-state index contributed by atoms with van der Waals surface area (Å²) in [6.07, 6.45) is 6.86. The Bertz CT molecular complexity index is 298. The van der Waals surface area contributed by atoms with Gasteiger partial charge in [-0.05, 0) is 20.0 Å².